The van der Waals surface area contributed by atoms with Crippen LogP contribution in [0, 0.1) is 5.92 Å². The minimum atomic E-state index is -0.355. The lowest BCUT2D eigenvalue weighted by atomic mass is 10.1. The van der Waals surface area contributed by atoms with Gasteiger partial charge >= 0.3 is 0 Å². The molecule has 0 aliphatic carbocycles. The van der Waals surface area contributed by atoms with E-state index in [-0.39, 0.29) is 16.8 Å². The van der Waals surface area contributed by atoms with E-state index in [1.54, 1.807) is 7.11 Å². The summed E-state index contributed by atoms with van der Waals surface area (Å²) in [5.74, 6) is -0.473. The number of methoxy groups -OCH3 is 1. The van der Waals surface area contributed by atoms with Gasteiger partial charge in [-0.05, 0) is 6.42 Å². The van der Waals surface area contributed by atoms with Crippen molar-refractivity contribution in [3.8, 4) is 0 Å². The molecule has 0 heterocycles. The van der Waals surface area contributed by atoms with Crippen molar-refractivity contribution in [3.63, 3.8) is 0 Å². The molecule has 5 heteroatoms. The van der Waals surface area contributed by atoms with Crippen molar-refractivity contribution in [3.05, 3.63) is 0 Å². The van der Waals surface area contributed by atoms with E-state index < -0.39 is 0 Å². The van der Waals surface area contributed by atoms with E-state index in [9.17, 15) is 4.79 Å². The molecule has 0 aromatic rings. The normalized spacial score (nSPS) is 12.2. The summed E-state index contributed by atoms with van der Waals surface area (Å²) < 4.78 is 4.79. The van der Waals surface area contributed by atoms with E-state index >= 15 is 0 Å². The van der Waals surface area contributed by atoms with Gasteiger partial charge in [-0.3, -0.25) is 4.79 Å². The van der Waals surface area contributed by atoms with Crippen LogP contribution in [0.3, 0.4) is 0 Å². The first kappa shape index (κ1) is 12.3. The smallest absolute Gasteiger partial charge is 0.230 e. The SMILES string of the molecule is CCC(C(=O)NCCOC)C(N)=S. The van der Waals surface area contributed by atoms with Crippen LogP contribution < -0.4 is 11.1 Å². The molecule has 1 amide bonds. The molecule has 13 heavy (non-hydrogen) atoms. The Labute approximate surface area is 83.8 Å². The molecule has 1 unspecified atom stereocenters. The highest BCUT2D eigenvalue weighted by Gasteiger charge is 2.18. The number of carbonyl (C=O) groups is 1. The Bertz CT molecular complexity index is 185. The molecule has 0 aromatic heterocycles. The Morgan fingerprint density at radius 3 is 2.69 bits per heavy atom. The third kappa shape index (κ3) is 4.80. The zero-order valence-corrected chi connectivity index (χ0v) is 8.82. The van der Waals surface area contributed by atoms with E-state index in [1.807, 2.05) is 6.92 Å². The fraction of sp³-hybridized carbons (Fsp3) is 0.750. The zero-order valence-electron chi connectivity index (χ0n) is 8.00. The summed E-state index contributed by atoms with van der Waals surface area (Å²) in [5.41, 5.74) is 5.39. The second kappa shape index (κ2) is 6.80. The molecule has 1 atom stereocenters. The highest BCUT2D eigenvalue weighted by atomic mass is 32.1. The Hall–Kier alpha value is -0.680. The number of nitrogens with one attached hydrogen (secondary N) is 1. The van der Waals surface area contributed by atoms with Crippen LogP contribution in [0.4, 0.5) is 0 Å². The van der Waals surface area contributed by atoms with Gasteiger partial charge in [0.15, 0.2) is 0 Å². The standard InChI is InChI=1S/C8H16N2O2S/c1-3-6(7(9)13)8(11)10-4-5-12-2/h6H,3-5H2,1-2H3,(H2,9,13)(H,10,11). The van der Waals surface area contributed by atoms with Crippen LogP contribution in [-0.4, -0.2) is 31.2 Å². The fourth-order valence-electron chi connectivity index (χ4n) is 0.915. The van der Waals surface area contributed by atoms with Crippen LogP contribution in [0.1, 0.15) is 13.3 Å². The van der Waals surface area contributed by atoms with Crippen LogP contribution in [0.15, 0.2) is 0 Å². The Morgan fingerprint density at radius 2 is 2.31 bits per heavy atom. The minimum absolute atomic E-state index is 0.118. The van der Waals surface area contributed by atoms with Crippen LogP contribution >= 0.6 is 12.2 Å². The van der Waals surface area contributed by atoms with Gasteiger partial charge in [0, 0.05) is 13.7 Å². The van der Waals surface area contributed by atoms with Gasteiger partial charge in [-0.2, -0.15) is 0 Å². The molecule has 0 aliphatic rings. The summed E-state index contributed by atoms with van der Waals surface area (Å²) in [7, 11) is 1.58. The maximum absolute atomic E-state index is 11.4. The maximum atomic E-state index is 11.4. The molecule has 0 radical (unpaired) electrons. The summed E-state index contributed by atoms with van der Waals surface area (Å²) in [6, 6.07) is 0. The number of nitrogens with two attached hydrogens (primary N) is 1. The van der Waals surface area contributed by atoms with E-state index in [1.165, 1.54) is 0 Å². The Morgan fingerprint density at radius 1 is 1.69 bits per heavy atom. The molecule has 3 N–H and O–H groups in total. The molecule has 0 aromatic carbocycles. The predicted octanol–water partition coefficient (Wildman–Crippen LogP) is 0.0613. The van der Waals surface area contributed by atoms with Crippen LogP contribution in [0.5, 0.6) is 0 Å². The van der Waals surface area contributed by atoms with Crippen molar-refractivity contribution in [1.82, 2.24) is 5.32 Å². The zero-order chi connectivity index (χ0) is 10.3. The summed E-state index contributed by atoms with van der Waals surface area (Å²) >= 11 is 4.76. The van der Waals surface area contributed by atoms with E-state index in [4.69, 9.17) is 22.7 Å². The van der Waals surface area contributed by atoms with Gasteiger partial charge in [0.05, 0.1) is 17.5 Å². The van der Waals surface area contributed by atoms with E-state index in [0.29, 0.717) is 19.6 Å². The number of ether oxygens (including phenoxy) is 1. The van der Waals surface area contributed by atoms with Crippen molar-refractivity contribution in [2.24, 2.45) is 11.7 Å². The minimum Gasteiger partial charge on any atom is -0.393 e. The number of amides is 1. The molecule has 0 spiro atoms. The van der Waals surface area contributed by atoms with Crippen LogP contribution in [0.25, 0.3) is 0 Å². The molecular formula is C8H16N2O2S. The van der Waals surface area contributed by atoms with Gasteiger partial charge in [0.2, 0.25) is 5.91 Å². The largest absolute Gasteiger partial charge is 0.393 e. The van der Waals surface area contributed by atoms with E-state index in [0.717, 1.165) is 0 Å². The summed E-state index contributed by atoms with van der Waals surface area (Å²) in [4.78, 5) is 11.6. The van der Waals surface area contributed by atoms with Gasteiger partial charge < -0.3 is 15.8 Å². The second-order valence-electron chi connectivity index (χ2n) is 2.65. The lowest BCUT2D eigenvalue weighted by Gasteiger charge is -2.12. The summed E-state index contributed by atoms with van der Waals surface area (Å²) in [6.45, 7) is 2.87. The number of hydrogen-bond donors (Lipinski definition) is 2. The number of hydrogen-bond acceptors (Lipinski definition) is 3. The molecule has 0 aliphatic heterocycles. The highest BCUT2D eigenvalue weighted by Crippen LogP contribution is 2.02. The van der Waals surface area contributed by atoms with Gasteiger partial charge in [-0.1, -0.05) is 19.1 Å². The quantitative estimate of drug-likeness (QED) is 0.474. The average molecular weight is 204 g/mol. The summed E-state index contributed by atoms with van der Waals surface area (Å²) in [6.07, 6.45) is 0.633. The van der Waals surface area contributed by atoms with Crippen molar-refractivity contribution in [2.75, 3.05) is 20.3 Å². The number of rotatable bonds is 6. The molecule has 0 rings (SSSR count). The highest BCUT2D eigenvalue weighted by molar-refractivity contribution is 7.80. The van der Waals surface area contributed by atoms with Gasteiger partial charge in [-0.25, -0.2) is 0 Å². The topological polar surface area (TPSA) is 64.3 Å². The molecular weight excluding hydrogens is 188 g/mol. The first-order chi connectivity index (χ1) is 6.13. The maximum Gasteiger partial charge on any atom is 0.230 e. The van der Waals surface area contributed by atoms with Crippen molar-refractivity contribution in [2.45, 2.75) is 13.3 Å². The number of carbonyl (C=O) groups excluding carboxylic acids is 1. The molecule has 0 saturated carbocycles. The monoisotopic (exact) mass is 204 g/mol. The molecule has 0 bridgehead atoms. The second-order valence-corrected chi connectivity index (χ2v) is 3.12. The predicted molar refractivity (Wildman–Crippen MR) is 55.5 cm³/mol. The van der Waals surface area contributed by atoms with Crippen LogP contribution in [0.2, 0.25) is 0 Å². The van der Waals surface area contributed by atoms with Gasteiger partial charge in [0.1, 0.15) is 0 Å². The lowest BCUT2D eigenvalue weighted by molar-refractivity contribution is -0.123. The Kier molecular flexibility index (Phi) is 6.44. The third-order valence-corrected chi connectivity index (χ3v) is 1.96. The van der Waals surface area contributed by atoms with Crippen molar-refractivity contribution in [1.29, 1.82) is 0 Å². The first-order valence-corrected chi connectivity index (χ1v) is 4.60. The number of thiocarbonyl (C=S) groups is 1. The Balaban J connectivity index is 3.85. The molecule has 4 nitrogen and oxygen atoms in total. The molecule has 76 valence electrons. The third-order valence-electron chi connectivity index (χ3n) is 1.67. The lowest BCUT2D eigenvalue weighted by Crippen LogP contribution is -2.38. The van der Waals surface area contributed by atoms with Gasteiger partial charge in [0.25, 0.3) is 0 Å². The van der Waals surface area contributed by atoms with Gasteiger partial charge in [-0.15, -0.1) is 0 Å². The van der Waals surface area contributed by atoms with Crippen molar-refractivity contribution >= 4 is 23.1 Å². The molecule has 0 fully saturated rings. The van der Waals surface area contributed by atoms with Crippen molar-refractivity contribution < 1.29 is 9.53 Å². The fourth-order valence-corrected chi connectivity index (χ4v) is 1.19. The summed E-state index contributed by atoms with van der Waals surface area (Å²) in [5, 5.41) is 2.68. The first-order valence-electron chi connectivity index (χ1n) is 4.19. The average Bonchev–Trinajstić information content (AvgIpc) is 2.05. The van der Waals surface area contributed by atoms with Crippen LogP contribution in [-0.2, 0) is 9.53 Å². The van der Waals surface area contributed by atoms with E-state index in [2.05, 4.69) is 5.32 Å². The molecule has 0 saturated heterocycles.